The minimum atomic E-state index is -4.82. The highest BCUT2D eigenvalue weighted by Gasteiger charge is 2.32. The van der Waals surface area contributed by atoms with Crippen LogP contribution in [0.4, 0.5) is 22.0 Å². The van der Waals surface area contributed by atoms with Gasteiger partial charge in [-0.25, -0.2) is 8.78 Å². The number of ether oxygens (including phenoxy) is 1. The molecule has 0 N–H and O–H groups in total. The zero-order valence-electron chi connectivity index (χ0n) is 8.02. The molecule has 90 valence electrons. The molecule has 0 amide bonds. The molecule has 16 heavy (non-hydrogen) atoms. The third kappa shape index (κ3) is 3.55. The molecule has 0 saturated heterocycles. The van der Waals surface area contributed by atoms with Gasteiger partial charge in [0, 0.05) is 10.5 Å². The Kier molecular flexibility index (Phi) is 4.01. The van der Waals surface area contributed by atoms with E-state index in [0.29, 0.717) is 0 Å². The lowest BCUT2D eigenvalue weighted by Crippen LogP contribution is -2.17. The molecule has 7 heteroatoms. The number of halogens is 5. The van der Waals surface area contributed by atoms with E-state index in [1.54, 1.807) is 0 Å². The molecule has 0 aromatic heterocycles. The second-order valence-corrected chi connectivity index (χ2v) is 3.61. The van der Waals surface area contributed by atoms with Crippen LogP contribution in [0.15, 0.2) is 23.1 Å². The molecule has 0 atom stereocenters. The van der Waals surface area contributed by atoms with Crippen LogP contribution in [0.5, 0.6) is 5.75 Å². The van der Waals surface area contributed by atoms with Gasteiger partial charge in [0.1, 0.15) is 5.75 Å². The lowest BCUT2D eigenvalue weighted by molar-refractivity contribution is -0.275. The van der Waals surface area contributed by atoms with Gasteiger partial charge in [0.2, 0.25) is 0 Å². The summed E-state index contributed by atoms with van der Waals surface area (Å²) in [5.74, 6) is -0.468. The van der Waals surface area contributed by atoms with Gasteiger partial charge in [-0.15, -0.1) is 24.9 Å². The highest BCUT2D eigenvalue weighted by atomic mass is 32.2. The first-order valence-corrected chi connectivity index (χ1v) is 5.28. The van der Waals surface area contributed by atoms with E-state index >= 15 is 0 Å². The van der Waals surface area contributed by atoms with E-state index in [0.717, 1.165) is 30.0 Å². The van der Waals surface area contributed by atoms with Crippen LogP contribution in [-0.2, 0) is 0 Å². The summed E-state index contributed by atoms with van der Waals surface area (Å²) in [6, 6.07) is 2.78. The summed E-state index contributed by atoms with van der Waals surface area (Å²) in [7, 11) is 0. The van der Waals surface area contributed by atoms with Crippen LogP contribution in [0.25, 0.3) is 0 Å². The molecule has 0 aliphatic rings. The first-order chi connectivity index (χ1) is 7.33. The predicted molar refractivity (Wildman–Crippen MR) is 49.9 cm³/mol. The summed E-state index contributed by atoms with van der Waals surface area (Å²) < 4.78 is 64.1. The highest BCUT2D eigenvalue weighted by Crippen LogP contribution is 2.34. The Balaban J connectivity index is 3.02. The molecule has 0 aliphatic heterocycles. The van der Waals surface area contributed by atoms with Crippen LogP contribution < -0.4 is 4.74 Å². The van der Waals surface area contributed by atoms with Crippen LogP contribution in [0.1, 0.15) is 12.0 Å². The molecule has 1 aromatic rings. The third-order valence-corrected chi connectivity index (χ3v) is 2.42. The molecule has 0 fully saturated rings. The van der Waals surface area contributed by atoms with Gasteiger partial charge in [0.25, 0.3) is 6.43 Å². The van der Waals surface area contributed by atoms with Crippen molar-refractivity contribution in [1.29, 1.82) is 0 Å². The number of benzene rings is 1. The Labute approximate surface area is 92.6 Å². The van der Waals surface area contributed by atoms with Crippen molar-refractivity contribution in [2.24, 2.45) is 0 Å². The van der Waals surface area contributed by atoms with Crippen LogP contribution in [0.3, 0.4) is 0 Å². The summed E-state index contributed by atoms with van der Waals surface area (Å²) >= 11 is 0.909. The van der Waals surface area contributed by atoms with Gasteiger partial charge in [-0.2, -0.15) is 0 Å². The third-order valence-electron chi connectivity index (χ3n) is 1.67. The summed E-state index contributed by atoms with van der Waals surface area (Å²) in [5, 5.41) is 0. The van der Waals surface area contributed by atoms with Crippen molar-refractivity contribution in [3.63, 3.8) is 0 Å². The van der Waals surface area contributed by atoms with Gasteiger partial charge in [0.05, 0.1) is 0 Å². The molecule has 0 aliphatic carbocycles. The smallest absolute Gasteiger partial charge is 0.405 e. The van der Waals surface area contributed by atoms with Crippen molar-refractivity contribution in [2.45, 2.75) is 17.7 Å². The van der Waals surface area contributed by atoms with Crippen LogP contribution in [0.2, 0.25) is 0 Å². The summed E-state index contributed by atoms with van der Waals surface area (Å²) in [4.78, 5) is 0.0233. The topological polar surface area (TPSA) is 9.23 Å². The molecule has 0 radical (unpaired) electrons. The SMILES string of the molecule is CSc1cc(C(F)F)ccc1OC(F)(F)F. The monoisotopic (exact) mass is 258 g/mol. The fourth-order valence-electron chi connectivity index (χ4n) is 1.03. The van der Waals surface area contributed by atoms with Crippen LogP contribution >= 0.6 is 11.8 Å². The zero-order valence-corrected chi connectivity index (χ0v) is 8.83. The Bertz CT molecular complexity index is 363. The number of rotatable bonds is 3. The first kappa shape index (κ1) is 13.1. The van der Waals surface area contributed by atoms with E-state index in [1.807, 2.05) is 0 Å². The lowest BCUT2D eigenvalue weighted by atomic mass is 10.2. The average molecular weight is 258 g/mol. The van der Waals surface area contributed by atoms with Gasteiger partial charge in [-0.3, -0.25) is 0 Å². The maximum atomic E-state index is 12.3. The predicted octanol–water partition coefficient (Wildman–Crippen LogP) is 4.24. The van der Waals surface area contributed by atoms with Crippen molar-refractivity contribution in [3.05, 3.63) is 23.8 Å². The molecule has 0 saturated carbocycles. The van der Waals surface area contributed by atoms with Crippen molar-refractivity contribution < 1.29 is 26.7 Å². The van der Waals surface area contributed by atoms with Gasteiger partial charge in [0.15, 0.2) is 0 Å². The van der Waals surface area contributed by atoms with Crippen molar-refractivity contribution in [1.82, 2.24) is 0 Å². The first-order valence-electron chi connectivity index (χ1n) is 4.05. The fourth-order valence-corrected chi connectivity index (χ4v) is 1.59. The number of hydrogen-bond donors (Lipinski definition) is 0. The lowest BCUT2D eigenvalue weighted by Gasteiger charge is -2.12. The molecule has 0 heterocycles. The molecular weight excluding hydrogens is 251 g/mol. The van der Waals surface area contributed by atoms with E-state index in [2.05, 4.69) is 4.74 Å². The van der Waals surface area contributed by atoms with E-state index < -0.39 is 18.5 Å². The quantitative estimate of drug-likeness (QED) is 0.592. The number of hydrogen-bond acceptors (Lipinski definition) is 2. The summed E-state index contributed by atoms with van der Waals surface area (Å²) in [6.07, 6.45) is -6.06. The normalized spacial score (nSPS) is 11.9. The molecule has 0 spiro atoms. The van der Waals surface area contributed by atoms with Gasteiger partial charge in [-0.1, -0.05) is 0 Å². The molecule has 0 bridgehead atoms. The van der Waals surface area contributed by atoms with E-state index in [1.165, 1.54) is 6.26 Å². The van der Waals surface area contributed by atoms with E-state index in [-0.39, 0.29) is 10.5 Å². The maximum Gasteiger partial charge on any atom is 0.573 e. The van der Waals surface area contributed by atoms with Crippen molar-refractivity contribution >= 4 is 11.8 Å². The minimum Gasteiger partial charge on any atom is -0.405 e. The Morgan fingerprint density at radius 1 is 1.25 bits per heavy atom. The zero-order chi connectivity index (χ0) is 12.3. The second kappa shape index (κ2) is 4.90. The Hall–Kier alpha value is -0.980. The maximum absolute atomic E-state index is 12.3. The molecule has 1 aromatic carbocycles. The largest absolute Gasteiger partial charge is 0.573 e. The number of thioether (sulfide) groups is 1. The van der Waals surface area contributed by atoms with Crippen molar-refractivity contribution in [3.8, 4) is 5.75 Å². The van der Waals surface area contributed by atoms with Gasteiger partial charge >= 0.3 is 6.36 Å². The van der Waals surface area contributed by atoms with Crippen LogP contribution in [-0.4, -0.2) is 12.6 Å². The summed E-state index contributed by atoms with van der Waals surface area (Å²) in [5.41, 5.74) is -0.334. The van der Waals surface area contributed by atoms with Gasteiger partial charge in [-0.05, 0) is 24.5 Å². The fraction of sp³-hybridized carbons (Fsp3) is 0.333. The average Bonchev–Trinajstić information content (AvgIpc) is 2.15. The second-order valence-electron chi connectivity index (χ2n) is 2.76. The molecule has 1 rings (SSSR count). The standard InChI is InChI=1S/C9H7F5OS/c1-16-7-4-5(8(10)11)2-3-6(7)15-9(12,13)14/h2-4,8H,1H3. The Morgan fingerprint density at radius 2 is 1.88 bits per heavy atom. The highest BCUT2D eigenvalue weighted by molar-refractivity contribution is 7.98. The van der Waals surface area contributed by atoms with E-state index in [4.69, 9.17) is 0 Å². The van der Waals surface area contributed by atoms with Gasteiger partial charge < -0.3 is 4.74 Å². The summed E-state index contributed by atoms with van der Waals surface area (Å²) in [6.45, 7) is 0. The van der Waals surface area contributed by atoms with E-state index in [9.17, 15) is 22.0 Å². The minimum absolute atomic E-state index is 0.0233. The molecule has 0 unspecified atom stereocenters. The van der Waals surface area contributed by atoms with Crippen LogP contribution in [0, 0.1) is 0 Å². The van der Waals surface area contributed by atoms with Crippen molar-refractivity contribution in [2.75, 3.05) is 6.26 Å². The number of alkyl halides is 5. The molecule has 1 nitrogen and oxygen atoms in total. The Morgan fingerprint density at radius 3 is 2.31 bits per heavy atom. The molecular formula is C9H7F5OS.